The summed E-state index contributed by atoms with van der Waals surface area (Å²) < 4.78 is 6.13. The van der Waals surface area contributed by atoms with Crippen LogP contribution in [-0.4, -0.2) is 34.9 Å². The molecule has 0 saturated heterocycles. The molecule has 0 aromatic heterocycles. The molecule has 0 aromatic rings. The Kier molecular flexibility index (Phi) is 7.45. The maximum Gasteiger partial charge on any atom is 0.309 e. The van der Waals surface area contributed by atoms with Gasteiger partial charge in [0.2, 0.25) is 0 Å². The van der Waals surface area contributed by atoms with Gasteiger partial charge >= 0.3 is 11.9 Å². The van der Waals surface area contributed by atoms with Gasteiger partial charge in [0.25, 0.3) is 0 Å². The molecule has 0 unspecified atom stereocenters. The van der Waals surface area contributed by atoms with Crippen LogP contribution in [0.15, 0.2) is 11.6 Å². The van der Waals surface area contributed by atoms with Crippen LogP contribution >= 0.6 is 0 Å². The van der Waals surface area contributed by atoms with E-state index in [9.17, 15) is 19.8 Å². The maximum atomic E-state index is 12.9. The number of esters is 1. The van der Waals surface area contributed by atoms with Crippen molar-refractivity contribution in [2.24, 2.45) is 62.1 Å². The van der Waals surface area contributed by atoms with Gasteiger partial charge in [-0.05, 0) is 124 Å². The van der Waals surface area contributed by atoms with Crippen molar-refractivity contribution in [3.63, 3.8) is 0 Å². The van der Waals surface area contributed by atoms with E-state index in [1.54, 1.807) is 13.8 Å². The van der Waals surface area contributed by atoms with Gasteiger partial charge in [0.1, 0.15) is 6.10 Å². The number of carboxylic acids is 1. The number of fused-ring (bicyclic) bond motifs is 7. The van der Waals surface area contributed by atoms with E-state index >= 15 is 0 Å². The second-order valence-corrected chi connectivity index (χ2v) is 17.4. The Bertz CT molecular complexity index is 1110. The number of hydrogen-bond donors (Lipinski definition) is 2. The molecular formula is C36H58O5. The first kappa shape index (κ1) is 31.1. The number of rotatable bonds is 5. The monoisotopic (exact) mass is 570 g/mol. The highest BCUT2D eigenvalue weighted by atomic mass is 16.5. The summed E-state index contributed by atoms with van der Waals surface area (Å²) in [7, 11) is 0. The first-order chi connectivity index (χ1) is 18.9. The molecule has 4 saturated carbocycles. The van der Waals surface area contributed by atoms with E-state index in [4.69, 9.17) is 4.74 Å². The van der Waals surface area contributed by atoms with Gasteiger partial charge in [-0.25, -0.2) is 0 Å². The molecule has 0 aliphatic heterocycles. The summed E-state index contributed by atoms with van der Waals surface area (Å²) in [6.07, 6.45) is 12.3. The van der Waals surface area contributed by atoms with E-state index < -0.39 is 11.4 Å². The molecule has 0 radical (unpaired) electrons. The molecule has 0 aromatic carbocycles. The predicted octanol–water partition coefficient (Wildman–Crippen LogP) is 8.05. The van der Waals surface area contributed by atoms with Crippen LogP contribution in [0.3, 0.4) is 0 Å². The third-order valence-corrected chi connectivity index (χ3v) is 15.0. The number of aliphatic carboxylic acids is 1. The lowest BCUT2D eigenvalue weighted by Crippen LogP contribution is -2.67. The van der Waals surface area contributed by atoms with E-state index in [0.29, 0.717) is 36.2 Å². The van der Waals surface area contributed by atoms with Gasteiger partial charge in [-0.3, -0.25) is 9.59 Å². The molecule has 5 aliphatic rings. The van der Waals surface area contributed by atoms with E-state index in [-0.39, 0.29) is 45.6 Å². The SMILES string of the molecule is CC1=CC[C@]2(CO)CC[C@]3(C)[C@H](CC[C@@H]4[C@@]5(C)CC[C@H](OC(=O)CC(C)(C)C(=O)O)C(C)(C)[C@@H]5CC[C@]43C)[C@H]2[C@@H]1C. The number of aliphatic hydroxyl groups is 1. The Morgan fingerprint density at radius 1 is 0.951 bits per heavy atom. The van der Waals surface area contributed by atoms with Crippen LogP contribution in [-0.2, 0) is 14.3 Å². The van der Waals surface area contributed by atoms with Crippen LogP contribution in [0.4, 0.5) is 0 Å². The number of carboxylic acid groups (broad SMARTS) is 1. The topological polar surface area (TPSA) is 83.8 Å². The van der Waals surface area contributed by atoms with Crippen molar-refractivity contribution in [2.75, 3.05) is 6.61 Å². The quantitative estimate of drug-likeness (QED) is 0.258. The molecule has 0 bridgehead atoms. The van der Waals surface area contributed by atoms with Crippen molar-refractivity contribution in [1.82, 2.24) is 0 Å². The highest BCUT2D eigenvalue weighted by molar-refractivity contribution is 5.81. The molecule has 5 nitrogen and oxygen atoms in total. The van der Waals surface area contributed by atoms with Gasteiger partial charge in [-0.2, -0.15) is 0 Å². The van der Waals surface area contributed by atoms with Crippen molar-refractivity contribution >= 4 is 11.9 Å². The Morgan fingerprint density at radius 2 is 1.63 bits per heavy atom. The zero-order chi connectivity index (χ0) is 30.4. The van der Waals surface area contributed by atoms with Crippen LogP contribution in [0, 0.1) is 62.1 Å². The van der Waals surface area contributed by atoms with Gasteiger partial charge < -0.3 is 14.9 Å². The van der Waals surface area contributed by atoms with Crippen LogP contribution in [0.5, 0.6) is 0 Å². The van der Waals surface area contributed by atoms with Gasteiger partial charge in [0, 0.05) is 17.4 Å². The molecule has 0 spiro atoms. The van der Waals surface area contributed by atoms with Crippen LogP contribution in [0.2, 0.25) is 0 Å². The summed E-state index contributed by atoms with van der Waals surface area (Å²) in [5.41, 5.74) is 0.987. The predicted molar refractivity (Wildman–Crippen MR) is 162 cm³/mol. The normalized spacial score (nSPS) is 47.1. The van der Waals surface area contributed by atoms with E-state index in [1.165, 1.54) is 31.3 Å². The van der Waals surface area contributed by atoms with Crippen molar-refractivity contribution in [3.05, 3.63) is 11.6 Å². The molecule has 4 fully saturated rings. The lowest BCUT2D eigenvalue weighted by Gasteiger charge is -2.73. The smallest absolute Gasteiger partial charge is 0.309 e. The zero-order valence-electron chi connectivity index (χ0n) is 27.4. The summed E-state index contributed by atoms with van der Waals surface area (Å²) in [6.45, 7) is 20.7. The molecule has 5 rings (SSSR count). The Labute approximate surface area is 249 Å². The largest absolute Gasteiger partial charge is 0.481 e. The third kappa shape index (κ3) is 4.32. The minimum absolute atomic E-state index is 0.0482. The molecule has 0 heterocycles. The number of ether oxygens (including phenoxy) is 1. The molecule has 232 valence electrons. The van der Waals surface area contributed by atoms with Crippen LogP contribution < -0.4 is 0 Å². The lowest BCUT2D eigenvalue weighted by molar-refractivity contribution is -0.256. The Morgan fingerprint density at radius 3 is 2.27 bits per heavy atom. The summed E-state index contributed by atoms with van der Waals surface area (Å²) in [4.78, 5) is 24.6. The molecule has 2 N–H and O–H groups in total. The van der Waals surface area contributed by atoms with Crippen molar-refractivity contribution in [1.29, 1.82) is 0 Å². The number of aliphatic hydroxyl groups excluding tert-OH is 1. The zero-order valence-corrected chi connectivity index (χ0v) is 27.4. The minimum atomic E-state index is -1.12. The van der Waals surface area contributed by atoms with Crippen molar-refractivity contribution in [2.45, 2.75) is 133 Å². The van der Waals surface area contributed by atoms with Crippen LogP contribution in [0.25, 0.3) is 0 Å². The second-order valence-electron chi connectivity index (χ2n) is 17.4. The van der Waals surface area contributed by atoms with Gasteiger partial charge in [-0.15, -0.1) is 0 Å². The number of carbonyl (C=O) groups is 2. The van der Waals surface area contributed by atoms with Crippen molar-refractivity contribution < 1.29 is 24.5 Å². The number of hydrogen-bond acceptors (Lipinski definition) is 4. The fourth-order valence-corrected chi connectivity index (χ4v) is 12.1. The Hall–Kier alpha value is -1.36. The fraction of sp³-hybridized carbons (Fsp3) is 0.889. The highest BCUT2D eigenvalue weighted by Gasteiger charge is 2.70. The number of carbonyl (C=O) groups excluding carboxylic acids is 1. The first-order valence-corrected chi connectivity index (χ1v) is 16.6. The first-order valence-electron chi connectivity index (χ1n) is 16.6. The lowest BCUT2D eigenvalue weighted by atomic mass is 9.31. The average Bonchev–Trinajstić information content (AvgIpc) is 2.88. The standard InChI is InChI=1S/C36H58O5/c1-22-12-17-36(21-37)19-18-34(8)24(29(36)23(22)2)10-11-26-33(7)15-14-27(41-28(38)20-31(3,4)30(39)40)32(5,6)25(33)13-16-35(26,34)9/h12,23-27,29,37H,10-11,13-21H2,1-9H3,(H,39,40)/t23-,24-,25+,26-,27+,29-,33+,34-,35-,36-/m1/s1. The second kappa shape index (κ2) is 9.83. The van der Waals surface area contributed by atoms with Gasteiger partial charge in [0.15, 0.2) is 0 Å². The molecule has 5 heteroatoms. The summed E-state index contributed by atoms with van der Waals surface area (Å²) in [6, 6.07) is 0. The third-order valence-electron chi connectivity index (χ3n) is 15.0. The molecule has 0 amide bonds. The molecule has 10 atom stereocenters. The molecule has 5 aliphatic carbocycles. The summed E-state index contributed by atoms with van der Waals surface area (Å²) in [5, 5.41) is 20.3. The maximum absolute atomic E-state index is 12.9. The van der Waals surface area contributed by atoms with Crippen molar-refractivity contribution in [3.8, 4) is 0 Å². The number of allylic oxidation sites excluding steroid dienone is 2. The summed E-state index contributed by atoms with van der Waals surface area (Å²) in [5.74, 6) is 1.48. The fourth-order valence-electron chi connectivity index (χ4n) is 12.1. The average molecular weight is 571 g/mol. The molecule has 41 heavy (non-hydrogen) atoms. The Balaban J connectivity index is 1.41. The highest BCUT2D eigenvalue weighted by Crippen LogP contribution is 2.76. The van der Waals surface area contributed by atoms with Crippen LogP contribution in [0.1, 0.15) is 127 Å². The van der Waals surface area contributed by atoms with E-state index in [2.05, 4.69) is 54.5 Å². The van der Waals surface area contributed by atoms with Gasteiger partial charge in [-0.1, -0.05) is 53.2 Å². The van der Waals surface area contributed by atoms with E-state index in [1.807, 2.05) is 0 Å². The minimum Gasteiger partial charge on any atom is -0.481 e. The van der Waals surface area contributed by atoms with E-state index in [0.717, 1.165) is 32.1 Å². The molecular weight excluding hydrogens is 512 g/mol. The van der Waals surface area contributed by atoms with Gasteiger partial charge in [0.05, 0.1) is 11.8 Å². The summed E-state index contributed by atoms with van der Waals surface area (Å²) >= 11 is 0.